The van der Waals surface area contributed by atoms with Gasteiger partial charge in [0.15, 0.2) is 5.82 Å². The molecule has 1 saturated heterocycles. The zero-order valence-electron chi connectivity index (χ0n) is 19.3. The Morgan fingerprint density at radius 1 is 1.12 bits per heavy atom. The van der Waals surface area contributed by atoms with Crippen molar-refractivity contribution < 1.29 is 27.9 Å². The number of amides is 2. The number of nitrogens with zero attached hydrogens (tertiary/aromatic N) is 4. The molecule has 0 radical (unpaired) electrons. The fraction of sp³-hybridized carbons (Fsp3) is 0.625. The Labute approximate surface area is 195 Å². The lowest BCUT2D eigenvalue weighted by molar-refractivity contribution is -0.141. The zero-order valence-corrected chi connectivity index (χ0v) is 19.3. The summed E-state index contributed by atoms with van der Waals surface area (Å²) in [6, 6.07) is 2.60. The number of halogens is 3. The molecule has 3 aliphatic rings. The van der Waals surface area contributed by atoms with E-state index in [1.54, 1.807) is 18.0 Å². The summed E-state index contributed by atoms with van der Waals surface area (Å²) in [5.74, 6) is -0.702. The summed E-state index contributed by atoms with van der Waals surface area (Å²) in [7, 11) is 1.55. The van der Waals surface area contributed by atoms with Gasteiger partial charge in [0.25, 0.3) is 5.91 Å². The summed E-state index contributed by atoms with van der Waals surface area (Å²) in [6.45, 7) is 2.06. The van der Waals surface area contributed by atoms with Crippen LogP contribution in [-0.4, -0.2) is 67.5 Å². The van der Waals surface area contributed by atoms with E-state index in [4.69, 9.17) is 0 Å². The normalized spacial score (nSPS) is 26.4. The number of aliphatic hydroxyl groups excluding tert-OH is 1. The molecule has 2 saturated carbocycles. The van der Waals surface area contributed by atoms with Gasteiger partial charge in [-0.25, -0.2) is 4.98 Å². The highest BCUT2D eigenvalue weighted by Crippen LogP contribution is 2.44. The first-order valence-electron chi connectivity index (χ1n) is 11.9. The van der Waals surface area contributed by atoms with Crippen LogP contribution in [0.4, 0.5) is 13.2 Å². The molecule has 184 valence electrons. The molecule has 0 spiro atoms. The molecule has 0 unspecified atom stereocenters. The minimum Gasteiger partial charge on any atom is -0.393 e. The maximum Gasteiger partial charge on any atom is 0.418 e. The Hall–Kier alpha value is -2.62. The van der Waals surface area contributed by atoms with Crippen LogP contribution in [0.5, 0.6) is 0 Å². The molecule has 3 fully saturated rings. The average molecular weight is 479 g/mol. The molecule has 5 rings (SSSR count). The van der Waals surface area contributed by atoms with Crippen molar-refractivity contribution in [3.05, 3.63) is 29.1 Å². The molecular weight excluding hydrogens is 449 g/mol. The van der Waals surface area contributed by atoms with E-state index in [0.717, 1.165) is 31.7 Å². The summed E-state index contributed by atoms with van der Waals surface area (Å²) in [6.07, 6.45) is -0.451. The van der Waals surface area contributed by atoms with E-state index in [0.29, 0.717) is 24.9 Å². The predicted molar refractivity (Wildman–Crippen MR) is 118 cm³/mol. The van der Waals surface area contributed by atoms with Crippen LogP contribution in [0.1, 0.15) is 73.1 Å². The van der Waals surface area contributed by atoms with E-state index in [1.807, 2.05) is 6.92 Å². The minimum absolute atomic E-state index is 0.0431. The van der Waals surface area contributed by atoms with Gasteiger partial charge in [-0.15, -0.1) is 0 Å². The Morgan fingerprint density at radius 3 is 2.41 bits per heavy atom. The molecule has 1 N–H and O–H groups in total. The smallest absolute Gasteiger partial charge is 0.393 e. The van der Waals surface area contributed by atoms with Crippen LogP contribution in [0.15, 0.2) is 12.1 Å². The van der Waals surface area contributed by atoms with Gasteiger partial charge in [-0.1, -0.05) is 0 Å². The number of aromatic nitrogens is 2. The van der Waals surface area contributed by atoms with Crippen molar-refractivity contribution in [2.75, 3.05) is 13.1 Å². The highest BCUT2D eigenvalue weighted by molar-refractivity contribution is 5.98. The van der Waals surface area contributed by atoms with Crippen molar-refractivity contribution in [3.63, 3.8) is 0 Å². The first-order valence-corrected chi connectivity index (χ1v) is 11.9. The molecule has 7 nitrogen and oxygen atoms in total. The number of carbonyl (C=O) groups is 2. The van der Waals surface area contributed by atoms with Gasteiger partial charge in [0.2, 0.25) is 5.91 Å². The number of alkyl halides is 3. The molecule has 2 amide bonds. The van der Waals surface area contributed by atoms with Crippen LogP contribution in [0.2, 0.25) is 0 Å². The van der Waals surface area contributed by atoms with Crippen molar-refractivity contribution in [1.82, 2.24) is 19.4 Å². The van der Waals surface area contributed by atoms with Crippen molar-refractivity contribution in [2.45, 2.75) is 75.7 Å². The SMILES string of the molecule is C[C@@H]1CN(C2CCC(O)CC2)C(=O)CN1C(=O)c1nc2c(C(F)(F)F)cc(C3CC3)cc2n1C. The molecule has 0 bridgehead atoms. The molecule has 2 aromatic rings. The molecule has 2 aliphatic carbocycles. The molecule has 1 aliphatic heterocycles. The number of aryl methyl sites for hydroxylation is 1. The Morgan fingerprint density at radius 2 is 1.79 bits per heavy atom. The Kier molecular flexibility index (Phi) is 5.61. The van der Waals surface area contributed by atoms with Crippen LogP contribution in [-0.2, 0) is 18.0 Å². The molecule has 1 aromatic heterocycles. The summed E-state index contributed by atoms with van der Waals surface area (Å²) in [5, 5.41) is 9.75. The predicted octanol–water partition coefficient (Wildman–Crippen LogP) is 3.45. The number of aliphatic hydroxyl groups is 1. The topological polar surface area (TPSA) is 78.7 Å². The van der Waals surface area contributed by atoms with Crippen LogP contribution < -0.4 is 0 Å². The van der Waals surface area contributed by atoms with Crippen molar-refractivity contribution >= 4 is 22.8 Å². The van der Waals surface area contributed by atoms with Gasteiger partial charge >= 0.3 is 6.18 Å². The van der Waals surface area contributed by atoms with Crippen LogP contribution >= 0.6 is 0 Å². The first kappa shape index (κ1) is 23.1. The maximum atomic E-state index is 13.8. The molecular formula is C24H29F3N4O3. The Balaban J connectivity index is 1.43. The van der Waals surface area contributed by atoms with E-state index in [9.17, 15) is 27.9 Å². The lowest BCUT2D eigenvalue weighted by Crippen LogP contribution is -2.60. The summed E-state index contributed by atoms with van der Waals surface area (Å²) in [5.41, 5.74) is -0.161. The van der Waals surface area contributed by atoms with Gasteiger partial charge in [0.05, 0.1) is 17.2 Å². The van der Waals surface area contributed by atoms with Crippen LogP contribution in [0, 0.1) is 0 Å². The van der Waals surface area contributed by atoms with Crippen molar-refractivity contribution in [3.8, 4) is 0 Å². The molecule has 10 heteroatoms. The second-order valence-electron chi connectivity index (χ2n) is 9.99. The van der Waals surface area contributed by atoms with Crippen molar-refractivity contribution in [2.24, 2.45) is 7.05 Å². The number of carbonyl (C=O) groups excluding carboxylic acids is 2. The Bertz CT molecular complexity index is 1130. The van der Waals surface area contributed by atoms with E-state index in [2.05, 4.69) is 4.98 Å². The third kappa shape index (κ3) is 4.06. The van der Waals surface area contributed by atoms with Gasteiger partial charge in [0, 0.05) is 25.7 Å². The number of hydrogen-bond acceptors (Lipinski definition) is 4. The largest absolute Gasteiger partial charge is 0.418 e. The number of benzene rings is 1. The summed E-state index contributed by atoms with van der Waals surface area (Å²) in [4.78, 5) is 33.7. The average Bonchev–Trinajstić information content (AvgIpc) is 3.58. The molecule has 2 heterocycles. The van der Waals surface area contributed by atoms with Crippen LogP contribution in [0.3, 0.4) is 0 Å². The third-order valence-corrected chi connectivity index (χ3v) is 7.54. The van der Waals surface area contributed by atoms with Crippen LogP contribution in [0.25, 0.3) is 11.0 Å². The van der Waals surface area contributed by atoms with Gasteiger partial charge in [-0.3, -0.25) is 9.59 Å². The number of fused-ring (bicyclic) bond motifs is 1. The number of hydrogen-bond donors (Lipinski definition) is 1. The zero-order chi connectivity index (χ0) is 24.4. The van der Waals surface area contributed by atoms with E-state index in [1.165, 1.54) is 9.47 Å². The monoisotopic (exact) mass is 478 g/mol. The van der Waals surface area contributed by atoms with Gasteiger partial charge < -0.3 is 19.5 Å². The second-order valence-corrected chi connectivity index (χ2v) is 9.99. The highest BCUT2D eigenvalue weighted by atomic mass is 19.4. The van der Waals surface area contributed by atoms with E-state index >= 15 is 0 Å². The fourth-order valence-electron chi connectivity index (χ4n) is 5.37. The highest BCUT2D eigenvalue weighted by Gasteiger charge is 2.40. The lowest BCUT2D eigenvalue weighted by Gasteiger charge is -2.44. The summed E-state index contributed by atoms with van der Waals surface area (Å²) >= 11 is 0. The quantitative estimate of drug-likeness (QED) is 0.733. The first-order chi connectivity index (χ1) is 16.0. The standard InChI is InChI=1S/C24H29F3N4O3/c1-13-11-31(16-5-7-17(32)8-6-16)20(33)12-30(13)23(34)22-28-21-18(24(25,26)27)9-15(14-3-4-14)10-19(21)29(22)2/h9-10,13-14,16-17,32H,3-8,11-12H2,1-2H3/t13-,16?,17?/m1/s1. The lowest BCUT2D eigenvalue weighted by atomic mass is 9.91. The van der Waals surface area contributed by atoms with Gasteiger partial charge in [-0.05, 0) is 69.1 Å². The molecule has 1 atom stereocenters. The third-order valence-electron chi connectivity index (χ3n) is 7.54. The van der Waals surface area contributed by atoms with E-state index < -0.39 is 17.6 Å². The number of piperazine rings is 1. The second kappa shape index (κ2) is 8.25. The number of rotatable bonds is 3. The van der Waals surface area contributed by atoms with E-state index in [-0.39, 0.29) is 53.4 Å². The van der Waals surface area contributed by atoms with Gasteiger partial charge in [0.1, 0.15) is 12.1 Å². The molecule has 1 aromatic carbocycles. The maximum absolute atomic E-state index is 13.8. The number of imidazole rings is 1. The summed E-state index contributed by atoms with van der Waals surface area (Å²) < 4.78 is 42.9. The van der Waals surface area contributed by atoms with Crippen molar-refractivity contribution in [1.29, 1.82) is 0 Å². The molecule has 34 heavy (non-hydrogen) atoms. The minimum atomic E-state index is -4.58. The van der Waals surface area contributed by atoms with Gasteiger partial charge in [-0.2, -0.15) is 13.2 Å². The fourth-order valence-corrected chi connectivity index (χ4v) is 5.37.